The number of nitrogens with one attached hydrogen (secondary N) is 1. The number of sulfonamides is 1. The van der Waals surface area contributed by atoms with Crippen molar-refractivity contribution < 1.29 is 13.5 Å². The quantitative estimate of drug-likeness (QED) is 0.844. The Kier molecular flexibility index (Phi) is 4.16. The molecule has 0 bridgehead atoms. The summed E-state index contributed by atoms with van der Waals surface area (Å²) in [5, 5.41) is 10.3. The Morgan fingerprint density at radius 1 is 1.05 bits per heavy atom. The van der Waals surface area contributed by atoms with Crippen LogP contribution in [0.4, 0.5) is 5.69 Å². The zero-order valence-corrected chi connectivity index (χ0v) is 13.5. The van der Waals surface area contributed by atoms with Crippen LogP contribution >= 0.6 is 11.6 Å². The lowest BCUT2D eigenvalue weighted by Gasteiger charge is -2.13. The Morgan fingerprint density at radius 2 is 1.71 bits per heavy atom. The monoisotopic (exact) mass is 325 g/mol. The van der Waals surface area contributed by atoms with Gasteiger partial charge in [0.25, 0.3) is 10.0 Å². The molecule has 0 saturated carbocycles. The summed E-state index contributed by atoms with van der Waals surface area (Å²) in [7, 11) is -3.79. The van der Waals surface area contributed by atoms with Gasteiger partial charge < -0.3 is 5.11 Å². The molecule has 0 unspecified atom stereocenters. The van der Waals surface area contributed by atoms with Gasteiger partial charge in [-0.2, -0.15) is 0 Å². The molecule has 0 saturated heterocycles. The van der Waals surface area contributed by atoms with Crippen molar-refractivity contribution in [1.82, 2.24) is 0 Å². The fraction of sp³-hybridized carbons (Fsp3) is 0.200. The number of hydrogen-bond donors (Lipinski definition) is 2. The molecule has 21 heavy (non-hydrogen) atoms. The van der Waals surface area contributed by atoms with Crippen LogP contribution in [0.3, 0.4) is 0 Å². The van der Waals surface area contributed by atoms with Gasteiger partial charge in [0.2, 0.25) is 0 Å². The predicted octanol–water partition coefficient (Wildman–Crippen LogP) is 3.77. The average Bonchev–Trinajstić information content (AvgIpc) is 2.37. The molecule has 0 fully saturated rings. The zero-order valence-electron chi connectivity index (χ0n) is 11.9. The molecular formula is C15H16ClNO3S. The van der Waals surface area contributed by atoms with Crippen molar-refractivity contribution in [3.05, 3.63) is 52.0 Å². The Morgan fingerprint density at radius 3 is 2.38 bits per heavy atom. The van der Waals surface area contributed by atoms with Gasteiger partial charge in [-0.25, -0.2) is 8.42 Å². The van der Waals surface area contributed by atoms with Gasteiger partial charge in [-0.1, -0.05) is 23.7 Å². The van der Waals surface area contributed by atoms with Crippen molar-refractivity contribution in [3.63, 3.8) is 0 Å². The van der Waals surface area contributed by atoms with Crippen LogP contribution in [0.2, 0.25) is 5.02 Å². The van der Waals surface area contributed by atoms with E-state index in [1.165, 1.54) is 6.07 Å². The van der Waals surface area contributed by atoms with Crippen molar-refractivity contribution in [2.75, 3.05) is 4.72 Å². The average molecular weight is 326 g/mol. The van der Waals surface area contributed by atoms with Crippen molar-refractivity contribution >= 4 is 27.3 Å². The largest absolute Gasteiger partial charge is 0.505 e. The first-order valence-corrected chi connectivity index (χ1v) is 8.16. The summed E-state index contributed by atoms with van der Waals surface area (Å²) in [6.45, 7) is 5.19. The molecule has 0 aliphatic rings. The van der Waals surface area contributed by atoms with Crippen molar-refractivity contribution in [3.8, 4) is 5.75 Å². The molecule has 0 spiro atoms. The standard InChI is InChI=1S/C15H16ClNO3S/c1-9-4-5-10(2)14(6-9)21(19,20)17-13-8-12(16)7-11(3)15(13)18/h4-8,17-18H,1-3H3. The minimum Gasteiger partial charge on any atom is -0.505 e. The zero-order chi connectivity index (χ0) is 15.8. The van der Waals surface area contributed by atoms with E-state index in [-0.39, 0.29) is 16.3 Å². The van der Waals surface area contributed by atoms with E-state index in [2.05, 4.69) is 4.72 Å². The molecule has 2 rings (SSSR count). The fourth-order valence-corrected chi connectivity index (χ4v) is 3.67. The maximum Gasteiger partial charge on any atom is 0.262 e. The Bertz CT molecular complexity index is 801. The molecule has 4 nitrogen and oxygen atoms in total. The molecule has 0 aromatic heterocycles. The van der Waals surface area contributed by atoms with E-state index in [4.69, 9.17) is 11.6 Å². The molecule has 2 aromatic rings. The number of rotatable bonds is 3. The minimum atomic E-state index is -3.79. The smallest absolute Gasteiger partial charge is 0.262 e. The van der Waals surface area contributed by atoms with Crippen molar-refractivity contribution in [1.29, 1.82) is 0 Å². The third kappa shape index (κ3) is 3.31. The maximum absolute atomic E-state index is 12.5. The number of aryl methyl sites for hydroxylation is 3. The van der Waals surface area contributed by atoms with E-state index in [1.807, 2.05) is 13.0 Å². The summed E-state index contributed by atoms with van der Waals surface area (Å²) in [6.07, 6.45) is 0. The second-order valence-electron chi connectivity index (χ2n) is 4.99. The lowest BCUT2D eigenvalue weighted by molar-refractivity contribution is 0.473. The summed E-state index contributed by atoms with van der Waals surface area (Å²) < 4.78 is 27.4. The van der Waals surface area contributed by atoms with E-state index >= 15 is 0 Å². The van der Waals surface area contributed by atoms with Crippen LogP contribution in [0.1, 0.15) is 16.7 Å². The molecule has 0 aliphatic heterocycles. The second kappa shape index (κ2) is 5.58. The molecule has 0 radical (unpaired) electrons. The number of phenolic OH excluding ortho intramolecular Hbond substituents is 1. The Hall–Kier alpha value is -1.72. The summed E-state index contributed by atoms with van der Waals surface area (Å²) in [5.41, 5.74) is 2.04. The summed E-state index contributed by atoms with van der Waals surface area (Å²) in [6, 6.07) is 8.12. The van der Waals surface area contributed by atoms with Crippen LogP contribution in [-0.2, 0) is 10.0 Å². The lowest BCUT2D eigenvalue weighted by Crippen LogP contribution is -2.14. The fourth-order valence-electron chi connectivity index (χ4n) is 2.01. The molecule has 2 N–H and O–H groups in total. The second-order valence-corrected chi connectivity index (χ2v) is 7.08. The first-order chi connectivity index (χ1) is 9.70. The van der Waals surface area contributed by atoms with Crippen LogP contribution < -0.4 is 4.72 Å². The molecule has 0 heterocycles. The molecule has 0 aliphatic carbocycles. The number of hydrogen-bond acceptors (Lipinski definition) is 3. The highest BCUT2D eigenvalue weighted by molar-refractivity contribution is 7.92. The van der Waals surface area contributed by atoms with Gasteiger partial charge in [-0.05, 0) is 55.7 Å². The molecular weight excluding hydrogens is 310 g/mol. The van der Waals surface area contributed by atoms with Crippen LogP contribution in [-0.4, -0.2) is 13.5 Å². The van der Waals surface area contributed by atoms with E-state index in [0.717, 1.165) is 5.56 Å². The van der Waals surface area contributed by atoms with Gasteiger partial charge in [0.05, 0.1) is 10.6 Å². The molecule has 0 atom stereocenters. The Balaban J connectivity index is 2.50. The summed E-state index contributed by atoms with van der Waals surface area (Å²) >= 11 is 5.91. The van der Waals surface area contributed by atoms with Crippen LogP contribution in [0.5, 0.6) is 5.75 Å². The molecule has 0 amide bonds. The van der Waals surface area contributed by atoms with E-state index in [9.17, 15) is 13.5 Å². The molecule has 112 valence electrons. The number of benzene rings is 2. The van der Waals surface area contributed by atoms with Crippen LogP contribution in [0, 0.1) is 20.8 Å². The highest BCUT2D eigenvalue weighted by Crippen LogP contribution is 2.33. The van der Waals surface area contributed by atoms with Crippen molar-refractivity contribution in [2.24, 2.45) is 0 Å². The van der Waals surface area contributed by atoms with E-state index < -0.39 is 10.0 Å². The predicted molar refractivity (Wildman–Crippen MR) is 84.6 cm³/mol. The minimum absolute atomic E-state index is 0.0703. The van der Waals surface area contributed by atoms with Gasteiger partial charge in [0.15, 0.2) is 0 Å². The summed E-state index contributed by atoms with van der Waals surface area (Å²) in [4.78, 5) is 0.180. The molecule has 6 heteroatoms. The lowest BCUT2D eigenvalue weighted by atomic mass is 10.2. The van der Waals surface area contributed by atoms with Gasteiger partial charge in [-0.3, -0.25) is 4.72 Å². The van der Waals surface area contributed by atoms with E-state index in [1.54, 1.807) is 32.0 Å². The van der Waals surface area contributed by atoms with Gasteiger partial charge in [-0.15, -0.1) is 0 Å². The highest BCUT2D eigenvalue weighted by Gasteiger charge is 2.19. The third-order valence-electron chi connectivity index (χ3n) is 3.14. The van der Waals surface area contributed by atoms with Crippen LogP contribution in [0.25, 0.3) is 0 Å². The number of phenols is 1. The summed E-state index contributed by atoms with van der Waals surface area (Å²) in [5.74, 6) is -0.131. The van der Waals surface area contributed by atoms with Gasteiger partial charge in [0, 0.05) is 5.02 Å². The number of aromatic hydroxyl groups is 1. The Labute approximate surface area is 129 Å². The molecule has 2 aromatic carbocycles. The van der Waals surface area contributed by atoms with Gasteiger partial charge >= 0.3 is 0 Å². The van der Waals surface area contributed by atoms with E-state index in [0.29, 0.717) is 16.1 Å². The van der Waals surface area contributed by atoms with Crippen LogP contribution in [0.15, 0.2) is 35.2 Å². The van der Waals surface area contributed by atoms with Gasteiger partial charge in [0.1, 0.15) is 5.75 Å². The SMILES string of the molecule is Cc1ccc(C)c(S(=O)(=O)Nc2cc(Cl)cc(C)c2O)c1. The first-order valence-electron chi connectivity index (χ1n) is 6.30. The highest BCUT2D eigenvalue weighted by atomic mass is 35.5. The topological polar surface area (TPSA) is 66.4 Å². The first kappa shape index (κ1) is 15.7. The number of halogens is 1. The third-order valence-corrected chi connectivity index (χ3v) is 4.87. The van der Waals surface area contributed by atoms with Crippen molar-refractivity contribution in [2.45, 2.75) is 25.7 Å². The normalized spacial score (nSPS) is 11.4. The number of anilines is 1. The maximum atomic E-state index is 12.5.